The van der Waals surface area contributed by atoms with Crippen molar-refractivity contribution in [3.8, 4) is 17.1 Å². The molecule has 144 valence electrons. The lowest BCUT2D eigenvalue weighted by atomic mass is 10.2. The maximum Gasteiger partial charge on any atom is 0.234 e. The molecule has 1 N–H and O–H groups in total. The summed E-state index contributed by atoms with van der Waals surface area (Å²) in [6, 6.07) is 20.8. The Hall–Kier alpha value is -3.16. The Kier molecular flexibility index (Phi) is 5.88. The molecule has 0 aliphatic heterocycles. The van der Waals surface area contributed by atoms with Crippen LogP contribution in [-0.4, -0.2) is 31.4 Å². The van der Waals surface area contributed by atoms with Crippen LogP contribution in [0.5, 0.6) is 0 Å². The number of halogens is 1. The number of aromatic nitrogens is 4. The van der Waals surface area contributed by atoms with Crippen LogP contribution in [0.25, 0.3) is 17.1 Å². The number of thioether (sulfide) groups is 1. The number of carbonyl (C=O) groups excluding carboxylic acids is 1. The largest absolute Gasteiger partial charge is 0.324 e. The number of para-hydroxylation sites is 1. The summed E-state index contributed by atoms with van der Waals surface area (Å²) < 4.78 is 1.94. The van der Waals surface area contributed by atoms with E-state index < -0.39 is 0 Å². The maximum atomic E-state index is 12.3. The summed E-state index contributed by atoms with van der Waals surface area (Å²) in [6.07, 6.45) is 3.26. The van der Waals surface area contributed by atoms with E-state index in [1.807, 2.05) is 59.2 Å². The van der Waals surface area contributed by atoms with E-state index in [1.165, 1.54) is 11.8 Å². The zero-order valence-electron chi connectivity index (χ0n) is 15.2. The first-order valence-electron chi connectivity index (χ1n) is 8.80. The molecule has 0 bridgehead atoms. The van der Waals surface area contributed by atoms with Crippen molar-refractivity contribution in [2.24, 2.45) is 0 Å². The van der Waals surface area contributed by atoms with Gasteiger partial charge in [0.1, 0.15) is 0 Å². The molecule has 6 nitrogen and oxygen atoms in total. The number of benzene rings is 2. The number of hydrogen-bond acceptors (Lipinski definition) is 5. The molecule has 0 saturated carbocycles. The van der Waals surface area contributed by atoms with E-state index >= 15 is 0 Å². The topological polar surface area (TPSA) is 72.7 Å². The van der Waals surface area contributed by atoms with Crippen LogP contribution in [0.4, 0.5) is 5.69 Å². The van der Waals surface area contributed by atoms with Crippen LogP contribution in [0.3, 0.4) is 0 Å². The van der Waals surface area contributed by atoms with Gasteiger partial charge in [0.25, 0.3) is 0 Å². The molecule has 0 aliphatic rings. The van der Waals surface area contributed by atoms with Crippen LogP contribution in [0.2, 0.25) is 5.02 Å². The number of nitrogens with zero attached hydrogens (tertiary/aromatic N) is 4. The number of carbonyl (C=O) groups is 1. The van der Waals surface area contributed by atoms with E-state index in [2.05, 4.69) is 20.5 Å². The molecule has 0 fully saturated rings. The lowest BCUT2D eigenvalue weighted by molar-refractivity contribution is -0.113. The van der Waals surface area contributed by atoms with Crippen LogP contribution in [0.15, 0.2) is 84.3 Å². The first-order valence-corrected chi connectivity index (χ1v) is 10.2. The number of rotatable bonds is 6. The molecule has 2 heterocycles. The number of pyridine rings is 1. The van der Waals surface area contributed by atoms with Gasteiger partial charge in [0, 0.05) is 22.5 Å². The van der Waals surface area contributed by atoms with Crippen molar-refractivity contribution >= 4 is 35.0 Å². The Bertz CT molecular complexity index is 1100. The second kappa shape index (κ2) is 8.89. The number of amides is 1. The first kappa shape index (κ1) is 19.2. The summed E-state index contributed by atoms with van der Waals surface area (Å²) in [5.74, 6) is 0.738. The molecule has 0 aliphatic carbocycles. The molecule has 4 rings (SSSR count). The fourth-order valence-corrected chi connectivity index (χ4v) is 3.60. The predicted molar refractivity (Wildman–Crippen MR) is 115 cm³/mol. The van der Waals surface area contributed by atoms with Crippen molar-refractivity contribution in [3.63, 3.8) is 0 Å². The summed E-state index contributed by atoms with van der Waals surface area (Å²) in [6.45, 7) is 0. The number of nitrogens with one attached hydrogen (secondary N) is 1. The van der Waals surface area contributed by atoms with Gasteiger partial charge in [-0.1, -0.05) is 41.6 Å². The maximum absolute atomic E-state index is 12.3. The molecule has 2 aromatic heterocycles. The Morgan fingerprint density at radius 2 is 1.79 bits per heavy atom. The molecule has 0 saturated heterocycles. The van der Waals surface area contributed by atoms with Gasteiger partial charge in [-0.15, -0.1) is 10.2 Å². The van der Waals surface area contributed by atoms with Gasteiger partial charge >= 0.3 is 0 Å². The third kappa shape index (κ3) is 4.64. The van der Waals surface area contributed by atoms with Crippen molar-refractivity contribution in [3.05, 3.63) is 84.1 Å². The third-order valence-corrected chi connectivity index (χ3v) is 5.21. The quantitative estimate of drug-likeness (QED) is 0.456. The molecule has 0 spiro atoms. The van der Waals surface area contributed by atoms with E-state index in [4.69, 9.17) is 11.6 Å². The third-order valence-electron chi connectivity index (χ3n) is 4.03. The molecule has 4 aromatic rings. The van der Waals surface area contributed by atoms with Gasteiger partial charge in [-0.05, 0) is 48.5 Å². The van der Waals surface area contributed by atoms with Crippen molar-refractivity contribution in [2.45, 2.75) is 5.16 Å². The Morgan fingerprint density at radius 3 is 2.52 bits per heavy atom. The lowest BCUT2D eigenvalue weighted by Crippen LogP contribution is -2.14. The van der Waals surface area contributed by atoms with Crippen LogP contribution < -0.4 is 5.32 Å². The van der Waals surface area contributed by atoms with E-state index in [9.17, 15) is 4.79 Å². The van der Waals surface area contributed by atoms with Gasteiger partial charge in [-0.25, -0.2) is 0 Å². The van der Waals surface area contributed by atoms with Gasteiger partial charge in [-0.3, -0.25) is 14.3 Å². The second-order valence-corrected chi connectivity index (χ2v) is 7.44. The Labute approximate surface area is 177 Å². The minimum atomic E-state index is -0.140. The van der Waals surface area contributed by atoms with Crippen LogP contribution in [0, 0.1) is 0 Å². The molecule has 2 aromatic carbocycles. The average Bonchev–Trinajstić information content (AvgIpc) is 3.18. The van der Waals surface area contributed by atoms with Gasteiger partial charge in [0.05, 0.1) is 17.6 Å². The summed E-state index contributed by atoms with van der Waals surface area (Å²) in [7, 11) is 0. The minimum Gasteiger partial charge on any atom is -0.324 e. The Morgan fingerprint density at radius 1 is 1.00 bits per heavy atom. The van der Waals surface area contributed by atoms with E-state index in [0.29, 0.717) is 21.7 Å². The van der Waals surface area contributed by atoms with Crippen molar-refractivity contribution in [1.29, 1.82) is 0 Å². The monoisotopic (exact) mass is 421 g/mol. The van der Waals surface area contributed by atoms with Gasteiger partial charge < -0.3 is 5.32 Å². The van der Waals surface area contributed by atoms with E-state index in [-0.39, 0.29) is 11.7 Å². The smallest absolute Gasteiger partial charge is 0.234 e. The summed E-state index contributed by atoms with van der Waals surface area (Å²) in [4.78, 5) is 16.3. The van der Waals surface area contributed by atoms with Crippen LogP contribution in [0.1, 0.15) is 0 Å². The zero-order valence-corrected chi connectivity index (χ0v) is 16.8. The number of hydrogen-bond donors (Lipinski definition) is 1. The highest BCUT2D eigenvalue weighted by Gasteiger charge is 2.17. The molecule has 0 radical (unpaired) electrons. The van der Waals surface area contributed by atoms with E-state index in [0.717, 1.165) is 11.3 Å². The highest BCUT2D eigenvalue weighted by molar-refractivity contribution is 7.99. The fourth-order valence-electron chi connectivity index (χ4n) is 2.72. The van der Waals surface area contributed by atoms with Crippen molar-refractivity contribution < 1.29 is 4.79 Å². The average molecular weight is 422 g/mol. The van der Waals surface area contributed by atoms with Crippen molar-refractivity contribution in [2.75, 3.05) is 11.1 Å². The van der Waals surface area contributed by atoms with E-state index in [1.54, 1.807) is 24.5 Å². The molecular weight excluding hydrogens is 406 g/mol. The minimum absolute atomic E-state index is 0.140. The highest BCUT2D eigenvalue weighted by atomic mass is 35.5. The first-order chi connectivity index (χ1) is 14.2. The second-order valence-electron chi connectivity index (χ2n) is 6.06. The van der Waals surface area contributed by atoms with Gasteiger partial charge in [0.2, 0.25) is 5.91 Å². The highest BCUT2D eigenvalue weighted by Crippen LogP contribution is 2.28. The normalized spacial score (nSPS) is 10.7. The van der Waals surface area contributed by atoms with Crippen LogP contribution in [-0.2, 0) is 4.79 Å². The summed E-state index contributed by atoms with van der Waals surface area (Å²) >= 11 is 7.34. The van der Waals surface area contributed by atoms with Gasteiger partial charge in [-0.2, -0.15) is 0 Å². The predicted octanol–water partition coefficient (Wildman–Crippen LogP) is 4.71. The molecule has 0 atom stereocenters. The molecule has 29 heavy (non-hydrogen) atoms. The Balaban J connectivity index is 1.60. The standard InChI is InChI=1S/C21H16ClN5OS/c22-16-10-8-15(9-11-16)20-25-26-21(27(20)18-6-2-1-3-7-18)29-14-19(28)24-17-5-4-12-23-13-17/h1-13H,14H2,(H,24,28). The number of anilines is 1. The molecule has 0 unspecified atom stereocenters. The SMILES string of the molecule is O=C(CSc1nnc(-c2ccc(Cl)cc2)n1-c1ccccc1)Nc1cccnc1. The summed E-state index contributed by atoms with van der Waals surface area (Å²) in [5, 5.41) is 12.8. The lowest BCUT2D eigenvalue weighted by Gasteiger charge is -2.10. The summed E-state index contributed by atoms with van der Waals surface area (Å²) in [5.41, 5.74) is 2.46. The fraction of sp³-hybridized carbons (Fsp3) is 0.0476. The van der Waals surface area contributed by atoms with Gasteiger partial charge in [0.15, 0.2) is 11.0 Å². The molecule has 1 amide bonds. The molecule has 8 heteroatoms. The zero-order chi connectivity index (χ0) is 20.1. The van der Waals surface area contributed by atoms with Crippen molar-refractivity contribution in [1.82, 2.24) is 19.7 Å². The molecular formula is C21H16ClN5OS. The van der Waals surface area contributed by atoms with Crippen LogP contribution >= 0.6 is 23.4 Å².